The Kier molecular flexibility index (Phi) is 5.18. The largest absolute Gasteiger partial charge is 0.325 e. The van der Waals surface area contributed by atoms with E-state index in [1.165, 1.54) is 18.2 Å². The van der Waals surface area contributed by atoms with Crippen LogP contribution < -0.4 is 0 Å². The van der Waals surface area contributed by atoms with Crippen molar-refractivity contribution in [2.75, 3.05) is 20.6 Å². The van der Waals surface area contributed by atoms with Crippen molar-refractivity contribution in [1.82, 2.24) is 30.3 Å². The molecule has 0 fully saturated rings. The van der Waals surface area contributed by atoms with Crippen LogP contribution in [0.3, 0.4) is 0 Å². The first-order chi connectivity index (χ1) is 14.0. The van der Waals surface area contributed by atoms with Crippen molar-refractivity contribution < 1.29 is 8.78 Å². The van der Waals surface area contributed by atoms with E-state index in [-0.39, 0.29) is 5.82 Å². The maximum Gasteiger partial charge on any atom is 0.164 e. The zero-order chi connectivity index (χ0) is 20.4. The number of nitrogens with zero attached hydrogens (tertiary/aromatic N) is 4. The highest BCUT2D eigenvalue weighted by Crippen LogP contribution is 2.27. The van der Waals surface area contributed by atoms with Crippen molar-refractivity contribution in [1.29, 1.82) is 0 Å². The molecule has 0 saturated carbocycles. The summed E-state index contributed by atoms with van der Waals surface area (Å²) in [5, 5.41) is 16.1. The summed E-state index contributed by atoms with van der Waals surface area (Å²) in [4.78, 5) is 5.13. The van der Waals surface area contributed by atoms with E-state index in [4.69, 9.17) is 0 Å². The van der Waals surface area contributed by atoms with Crippen LogP contribution in [-0.2, 0) is 6.42 Å². The summed E-state index contributed by atoms with van der Waals surface area (Å²) in [6.45, 7) is 0.816. The molecule has 0 unspecified atom stereocenters. The minimum atomic E-state index is -0.412. The second-order valence-electron chi connectivity index (χ2n) is 7.04. The fourth-order valence-electron chi connectivity index (χ4n) is 2.98. The third kappa shape index (κ3) is 4.22. The van der Waals surface area contributed by atoms with Gasteiger partial charge in [0.1, 0.15) is 17.5 Å². The Morgan fingerprint density at radius 1 is 1.03 bits per heavy atom. The third-order valence-corrected chi connectivity index (χ3v) is 4.57. The molecule has 29 heavy (non-hydrogen) atoms. The molecule has 0 saturated heterocycles. The number of fused-ring (bicyclic) bond motifs is 1. The van der Waals surface area contributed by atoms with E-state index < -0.39 is 5.82 Å². The van der Waals surface area contributed by atoms with E-state index in [1.54, 1.807) is 24.3 Å². The Bertz CT molecular complexity index is 1160. The second kappa shape index (κ2) is 7.92. The number of nitrogens with one attached hydrogen (secondary N) is 2. The van der Waals surface area contributed by atoms with Crippen LogP contribution in [0.15, 0.2) is 36.4 Å². The molecule has 0 atom stereocenters. The number of aromatic nitrogens is 5. The van der Waals surface area contributed by atoms with Crippen LogP contribution in [0.4, 0.5) is 8.78 Å². The molecule has 148 valence electrons. The predicted octanol–water partition coefficient (Wildman–Crippen LogP) is 3.90. The molecule has 8 heteroatoms. The first-order valence-corrected chi connectivity index (χ1v) is 9.17. The average Bonchev–Trinajstić information content (AvgIpc) is 3.32. The maximum absolute atomic E-state index is 14.6. The third-order valence-electron chi connectivity index (χ3n) is 4.57. The van der Waals surface area contributed by atoms with Crippen LogP contribution in [0, 0.1) is 11.6 Å². The summed E-state index contributed by atoms with van der Waals surface area (Å²) < 4.78 is 27.7. The predicted molar refractivity (Wildman–Crippen MR) is 109 cm³/mol. The summed E-state index contributed by atoms with van der Waals surface area (Å²) in [7, 11) is 3.95. The van der Waals surface area contributed by atoms with Crippen molar-refractivity contribution in [3.05, 3.63) is 65.1 Å². The molecule has 0 bridgehead atoms. The Morgan fingerprint density at radius 3 is 2.59 bits per heavy atom. The molecule has 0 amide bonds. The quantitative estimate of drug-likeness (QED) is 0.520. The SMILES string of the molecule is CN(C)CCc1nnc(-c2cc3c(/C=C/c4ccc(F)cc4)n[nH]c3cc2F)[nH]1. The van der Waals surface area contributed by atoms with Crippen LogP contribution in [0.25, 0.3) is 34.4 Å². The summed E-state index contributed by atoms with van der Waals surface area (Å²) in [6.07, 6.45) is 4.32. The Balaban J connectivity index is 1.65. The van der Waals surface area contributed by atoms with Crippen molar-refractivity contribution in [2.24, 2.45) is 0 Å². The van der Waals surface area contributed by atoms with Gasteiger partial charge in [0.25, 0.3) is 0 Å². The topological polar surface area (TPSA) is 73.5 Å². The second-order valence-corrected chi connectivity index (χ2v) is 7.04. The van der Waals surface area contributed by atoms with Gasteiger partial charge in [0.15, 0.2) is 5.82 Å². The first kappa shape index (κ1) is 18.9. The number of benzene rings is 2. The molecule has 4 rings (SSSR count). The maximum atomic E-state index is 14.6. The molecular weight excluding hydrogens is 374 g/mol. The number of likely N-dealkylation sites (N-methyl/N-ethyl adjacent to an activating group) is 1. The fourth-order valence-corrected chi connectivity index (χ4v) is 2.98. The number of H-pyrrole nitrogens is 2. The van der Waals surface area contributed by atoms with E-state index >= 15 is 0 Å². The van der Waals surface area contributed by atoms with E-state index in [9.17, 15) is 8.78 Å². The van der Waals surface area contributed by atoms with Crippen LogP contribution in [0.5, 0.6) is 0 Å². The standard InChI is InChI=1S/C21H20F2N6/c1-29(2)10-9-20-24-21(28-27-20)15-11-16-18(25-26-19(16)12-17(15)23)8-5-13-3-6-14(22)7-4-13/h3-8,11-12H,9-10H2,1-2H3,(H,25,26)(H,24,27,28)/b8-5+. The van der Waals surface area contributed by atoms with Crippen molar-refractivity contribution in [3.8, 4) is 11.4 Å². The molecule has 4 aromatic rings. The number of aromatic amines is 2. The highest BCUT2D eigenvalue weighted by atomic mass is 19.1. The zero-order valence-corrected chi connectivity index (χ0v) is 16.1. The van der Waals surface area contributed by atoms with Gasteiger partial charge < -0.3 is 9.88 Å². The Morgan fingerprint density at radius 2 is 1.83 bits per heavy atom. The van der Waals surface area contributed by atoms with Gasteiger partial charge in [0.2, 0.25) is 0 Å². The lowest BCUT2D eigenvalue weighted by Crippen LogP contribution is -2.15. The van der Waals surface area contributed by atoms with Gasteiger partial charge in [-0.25, -0.2) is 8.78 Å². The lowest BCUT2D eigenvalue weighted by Gasteiger charge is -2.06. The molecule has 0 aliphatic rings. The van der Waals surface area contributed by atoms with Crippen LogP contribution >= 0.6 is 0 Å². The van der Waals surface area contributed by atoms with Crippen LogP contribution in [0.1, 0.15) is 17.1 Å². The van der Waals surface area contributed by atoms with Gasteiger partial charge in [-0.2, -0.15) is 5.10 Å². The molecule has 6 nitrogen and oxygen atoms in total. The van der Waals surface area contributed by atoms with E-state index in [2.05, 4.69) is 25.4 Å². The fraction of sp³-hybridized carbons (Fsp3) is 0.190. The number of hydrogen-bond acceptors (Lipinski definition) is 4. The smallest absolute Gasteiger partial charge is 0.164 e. The number of rotatable bonds is 6. The molecule has 2 aromatic heterocycles. The van der Waals surface area contributed by atoms with Crippen LogP contribution in [0.2, 0.25) is 0 Å². The van der Waals surface area contributed by atoms with Crippen molar-refractivity contribution in [3.63, 3.8) is 0 Å². The van der Waals surface area contributed by atoms with Crippen LogP contribution in [-0.4, -0.2) is 50.9 Å². The molecule has 0 aliphatic carbocycles. The summed E-state index contributed by atoms with van der Waals surface area (Å²) in [5.41, 5.74) is 2.40. The summed E-state index contributed by atoms with van der Waals surface area (Å²) in [6, 6.07) is 9.25. The molecule has 2 heterocycles. The van der Waals surface area contributed by atoms with Gasteiger partial charge in [-0.1, -0.05) is 18.2 Å². The average molecular weight is 394 g/mol. The van der Waals surface area contributed by atoms with Crippen molar-refractivity contribution in [2.45, 2.75) is 6.42 Å². The minimum Gasteiger partial charge on any atom is -0.325 e. The van der Waals surface area contributed by atoms with Gasteiger partial charge in [0.05, 0.1) is 16.8 Å². The number of hydrogen-bond donors (Lipinski definition) is 2. The van der Waals surface area contributed by atoms with Gasteiger partial charge in [-0.3, -0.25) is 5.10 Å². The van der Waals surface area contributed by atoms with E-state index in [0.717, 1.165) is 17.5 Å². The molecule has 0 radical (unpaired) electrons. The molecule has 0 spiro atoms. The molecular formula is C21H20F2N6. The molecule has 2 N–H and O–H groups in total. The summed E-state index contributed by atoms with van der Waals surface area (Å²) >= 11 is 0. The molecule has 2 aromatic carbocycles. The van der Waals surface area contributed by atoms with Gasteiger partial charge in [0, 0.05) is 24.4 Å². The van der Waals surface area contributed by atoms with E-state index in [1.807, 2.05) is 25.1 Å². The Hall–Kier alpha value is -3.39. The lowest BCUT2D eigenvalue weighted by atomic mass is 10.1. The highest BCUT2D eigenvalue weighted by Gasteiger charge is 2.14. The highest BCUT2D eigenvalue weighted by molar-refractivity contribution is 5.92. The van der Waals surface area contributed by atoms with Crippen molar-refractivity contribution >= 4 is 23.1 Å². The normalized spacial score (nSPS) is 11.9. The minimum absolute atomic E-state index is 0.288. The van der Waals surface area contributed by atoms with Gasteiger partial charge in [-0.15, -0.1) is 10.2 Å². The van der Waals surface area contributed by atoms with Gasteiger partial charge >= 0.3 is 0 Å². The zero-order valence-electron chi connectivity index (χ0n) is 16.1. The Labute approximate surface area is 166 Å². The first-order valence-electron chi connectivity index (χ1n) is 9.17. The van der Waals surface area contributed by atoms with E-state index in [0.29, 0.717) is 34.8 Å². The van der Waals surface area contributed by atoms with Gasteiger partial charge in [-0.05, 0) is 43.9 Å². The monoisotopic (exact) mass is 394 g/mol. The lowest BCUT2D eigenvalue weighted by molar-refractivity contribution is 0.410. The summed E-state index contributed by atoms with van der Waals surface area (Å²) in [5.74, 6) is 0.389. The number of halogens is 2. The molecule has 0 aliphatic heterocycles.